The first-order valence-electron chi connectivity index (χ1n) is 3.34. The lowest BCUT2D eigenvalue weighted by molar-refractivity contribution is -0.134. The fourth-order valence-electron chi connectivity index (χ4n) is 0.440. The van der Waals surface area contributed by atoms with E-state index in [1.807, 2.05) is 0 Å². The molecular weight excluding hydrogens is 156 g/mol. The van der Waals surface area contributed by atoms with Gasteiger partial charge in [-0.1, -0.05) is 24.3 Å². The Labute approximate surface area is 71.0 Å². The molecule has 0 N–H and O–H groups in total. The first-order valence-corrected chi connectivity index (χ1v) is 3.34. The third-order valence-electron chi connectivity index (χ3n) is 0.957. The molecule has 3 nitrogen and oxygen atoms in total. The Morgan fingerprint density at radius 1 is 1.08 bits per heavy atom. The highest BCUT2D eigenvalue weighted by atomic mass is 16.5. The molecule has 0 aliphatic rings. The van der Waals surface area contributed by atoms with Crippen molar-refractivity contribution < 1.29 is 14.3 Å². The second kappa shape index (κ2) is 7.47. The number of methoxy groups -OCH3 is 1. The first-order chi connectivity index (χ1) is 5.81. The standard InChI is InChI=1S/C9H10O3/c1-12-9(11)7-5-3-2-4-6-8-10/h2-8H,1H3/b3-2+,6-4+,7-5-. The number of ether oxygens (including phenoxy) is 1. The van der Waals surface area contributed by atoms with Crippen LogP contribution < -0.4 is 0 Å². The number of carbonyl (C=O) groups excluding carboxylic acids is 2. The summed E-state index contributed by atoms with van der Waals surface area (Å²) in [5, 5.41) is 0. The molecule has 0 spiro atoms. The van der Waals surface area contributed by atoms with Crippen molar-refractivity contribution in [2.24, 2.45) is 0 Å². The van der Waals surface area contributed by atoms with Gasteiger partial charge in [-0.2, -0.15) is 0 Å². The Bertz CT molecular complexity index is 224. The van der Waals surface area contributed by atoms with E-state index >= 15 is 0 Å². The van der Waals surface area contributed by atoms with Crippen LogP contribution in [0.25, 0.3) is 0 Å². The second-order valence-electron chi connectivity index (χ2n) is 1.79. The fourth-order valence-corrected chi connectivity index (χ4v) is 0.440. The smallest absolute Gasteiger partial charge is 0.330 e. The van der Waals surface area contributed by atoms with Gasteiger partial charge in [0, 0.05) is 6.08 Å². The van der Waals surface area contributed by atoms with Gasteiger partial charge in [0.2, 0.25) is 0 Å². The van der Waals surface area contributed by atoms with E-state index in [-0.39, 0.29) is 0 Å². The Morgan fingerprint density at radius 3 is 2.25 bits per heavy atom. The van der Waals surface area contributed by atoms with Crippen molar-refractivity contribution in [3.63, 3.8) is 0 Å². The molecule has 3 heteroatoms. The van der Waals surface area contributed by atoms with Crippen molar-refractivity contribution in [1.29, 1.82) is 0 Å². The van der Waals surface area contributed by atoms with Crippen LogP contribution in [-0.2, 0) is 14.3 Å². The van der Waals surface area contributed by atoms with E-state index in [0.717, 1.165) is 0 Å². The quantitative estimate of drug-likeness (QED) is 0.271. The van der Waals surface area contributed by atoms with Crippen LogP contribution in [0.5, 0.6) is 0 Å². The zero-order valence-electron chi connectivity index (χ0n) is 6.77. The molecule has 64 valence electrons. The van der Waals surface area contributed by atoms with Crippen molar-refractivity contribution in [3.05, 3.63) is 36.5 Å². The minimum absolute atomic E-state index is 0.404. The highest BCUT2D eigenvalue weighted by Gasteiger charge is 1.85. The Hall–Kier alpha value is -1.64. The summed E-state index contributed by atoms with van der Waals surface area (Å²) in [5.41, 5.74) is 0. The van der Waals surface area contributed by atoms with Gasteiger partial charge in [0.15, 0.2) is 0 Å². The number of allylic oxidation sites excluding steroid dienone is 5. The SMILES string of the molecule is COC(=O)\C=C/C=C/C=C/C=O. The fraction of sp³-hybridized carbons (Fsp3) is 0.111. The monoisotopic (exact) mass is 166 g/mol. The van der Waals surface area contributed by atoms with Crippen molar-refractivity contribution in [2.75, 3.05) is 7.11 Å². The van der Waals surface area contributed by atoms with Gasteiger partial charge < -0.3 is 4.74 Å². The maximum atomic E-state index is 10.5. The third kappa shape index (κ3) is 6.48. The van der Waals surface area contributed by atoms with Gasteiger partial charge in [-0.3, -0.25) is 4.79 Å². The van der Waals surface area contributed by atoms with E-state index in [1.54, 1.807) is 18.2 Å². The summed E-state index contributed by atoms with van der Waals surface area (Å²) in [6.07, 6.45) is 9.66. The molecule has 12 heavy (non-hydrogen) atoms. The molecule has 0 saturated heterocycles. The average molecular weight is 166 g/mol. The molecular formula is C9H10O3. The third-order valence-corrected chi connectivity index (χ3v) is 0.957. The van der Waals surface area contributed by atoms with Gasteiger partial charge in [-0.15, -0.1) is 0 Å². The van der Waals surface area contributed by atoms with Crippen molar-refractivity contribution >= 4 is 12.3 Å². The number of rotatable bonds is 4. The number of hydrogen-bond donors (Lipinski definition) is 0. The Balaban J connectivity index is 3.73. The lowest BCUT2D eigenvalue weighted by atomic mass is 10.4. The molecule has 0 aromatic heterocycles. The minimum Gasteiger partial charge on any atom is -0.466 e. The second-order valence-corrected chi connectivity index (χ2v) is 1.79. The topological polar surface area (TPSA) is 43.4 Å². The number of aldehydes is 1. The molecule has 0 aliphatic heterocycles. The summed E-state index contributed by atoms with van der Waals surface area (Å²) in [6, 6.07) is 0. The summed E-state index contributed by atoms with van der Waals surface area (Å²) in [6.45, 7) is 0. The van der Waals surface area contributed by atoms with Crippen LogP contribution in [0.15, 0.2) is 36.5 Å². The molecule has 0 rings (SSSR count). The molecule has 0 amide bonds. The molecule has 0 bridgehead atoms. The van der Waals surface area contributed by atoms with Gasteiger partial charge in [-0.05, 0) is 6.08 Å². The van der Waals surface area contributed by atoms with Gasteiger partial charge >= 0.3 is 5.97 Å². The van der Waals surface area contributed by atoms with Gasteiger partial charge in [0.1, 0.15) is 6.29 Å². The first kappa shape index (κ1) is 10.4. The van der Waals surface area contributed by atoms with Crippen molar-refractivity contribution in [2.45, 2.75) is 0 Å². The summed E-state index contributed by atoms with van der Waals surface area (Å²) < 4.78 is 4.34. The molecule has 0 aliphatic carbocycles. The van der Waals surface area contributed by atoms with Crippen LogP contribution in [0, 0.1) is 0 Å². The molecule has 0 radical (unpaired) electrons. The zero-order chi connectivity index (χ0) is 9.23. The summed E-state index contributed by atoms with van der Waals surface area (Å²) in [5.74, 6) is -0.404. The lowest BCUT2D eigenvalue weighted by Gasteiger charge is -1.85. The normalized spacial score (nSPS) is 11.4. The van der Waals surface area contributed by atoms with Gasteiger partial charge in [0.25, 0.3) is 0 Å². The van der Waals surface area contributed by atoms with E-state index in [1.165, 1.54) is 25.3 Å². The summed E-state index contributed by atoms with van der Waals surface area (Å²) >= 11 is 0. The van der Waals surface area contributed by atoms with Crippen LogP contribution in [0.4, 0.5) is 0 Å². The molecule has 0 fully saturated rings. The molecule has 0 atom stereocenters. The summed E-state index contributed by atoms with van der Waals surface area (Å²) in [4.78, 5) is 20.3. The lowest BCUT2D eigenvalue weighted by Crippen LogP contribution is -1.92. The Kier molecular flexibility index (Phi) is 6.45. The average Bonchev–Trinajstić information content (AvgIpc) is 2.10. The molecule has 0 unspecified atom stereocenters. The van der Waals surface area contributed by atoms with E-state index in [0.29, 0.717) is 6.29 Å². The maximum Gasteiger partial charge on any atom is 0.330 e. The molecule has 0 heterocycles. The van der Waals surface area contributed by atoms with Crippen LogP contribution in [0.2, 0.25) is 0 Å². The number of esters is 1. The highest BCUT2D eigenvalue weighted by Crippen LogP contribution is 1.81. The molecule has 0 aromatic carbocycles. The largest absolute Gasteiger partial charge is 0.466 e. The molecule has 0 saturated carbocycles. The predicted octanol–water partition coefficient (Wildman–Crippen LogP) is 1.03. The number of carbonyl (C=O) groups is 2. The van der Waals surface area contributed by atoms with Crippen LogP contribution in [-0.4, -0.2) is 19.4 Å². The summed E-state index contributed by atoms with van der Waals surface area (Å²) in [7, 11) is 1.31. The highest BCUT2D eigenvalue weighted by molar-refractivity contribution is 5.82. The van der Waals surface area contributed by atoms with Crippen LogP contribution in [0.1, 0.15) is 0 Å². The van der Waals surface area contributed by atoms with Gasteiger partial charge in [-0.25, -0.2) is 4.79 Å². The van der Waals surface area contributed by atoms with Crippen molar-refractivity contribution in [1.82, 2.24) is 0 Å². The van der Waals surface area contributed by atoms with Crippen molar-refractivity contribution in [3.8, 4) is 0 Å². The van der Waals surface area contributed by atoms with Crippen LogP contribution >= 0.6 is 0 Å². The predicted molar refractivity (Wildman–Crippen MR) is 45.5 cm³/mol. The maximum absolute atomic E-state index is 10.5. The Morgan fingerprint density at radius 2 is 1.67 bits per heavy atom. The van der Waals surface area contributed by atoms with E-state index < -0.39 is 5.97 Å². The van der Waals surface area contributed by atoms with Gasteiger partial charge in [0.05, 0.1) is 7.11 Å². The van der Waals surface area contributed by atoms with Crippen LogP contribution in [0.3, 0.4) is 0 Å². The van der Waals surface area contributed by atoms with E-state index in [9.17, 15) is 9.59 Å². The number of hydrogen-bond acceptors (Lipinski definition) is 3. The zero-order valence-corrected chi connectivity index (χ0v) is 6.77. The van der Waals surface area contributed by atoms with E-state index in [4.69, 9.17) is 0 Å². The minimum atomic E-state index is -0.404. The molecule has 0 aromatic rings. The van der Waals surface area contributed by atoms with E-state index in [2.05, 4.69) is 4.74 Å².